The van der Waals surface area contributed by atoms with E-state index in [0.717, 1.165) is 19.4 Å². The van der Waals surface area contributed by atoms with Gasteiger partial charge in [-0.15, -0.1) is 11.6 Å². The Kier molecular flexibility index (Phi) is 4.23. The quantitative estimate of drug-likeness (QED) is 0.621. The third kappa shape index (κ3) is 2.82. The summed E-state index contributed by atoms with van der Waals surface area (Å²) < 4.78 is 5.22. The normalized spacial score (nSPS) is 32.1. The minimum atomic E-state index is -0.229. The molecule has 0 unspecified atom stereocenters. The Morgan fingerprint density at radius 3 is 2.95 bits per heavy atom. The lowest BCUT2D eigenvalue weighted by Crippen LogP contribution is -2.54. The summed E-state index contributed by atoms with van der Waals surface area (Å²) in [6.07, 6.45) is 2.28. The van der Waals surface area contributed by atoms with E-state index in [0.29, 0.717) is 18.6 Å². The summed E-state index contributed by atoms with van der Waals surface area (Å²) in [5.74, 6) is 0.289. The molecule has 1 aromatic carbocycles. The van der Waals surface area contributed by atoms with Crippen molar-refractivity contribution in [2.75, 3.05) is 20.2 Å². The van der Waals surface area contributed by atoms with E-state index in [1.165, 1.54) is 18.1 Å². The second-order valence-electron chi connectivity index (χ2n) is 6.28. The standard InChI is InChI=1S/C17H22ClNO2/c1-11(20)21-10-13-9-19(2)15-8-7-12-5-3-4-6-14(12)16(15)17(13)18/h3-6,13,15-17H,7-10H2,1-2H3/t13-,15-,16-,17-/m1/s1. The fourth-order valence-corrected chi connectivity index (χ4v) is 4.38. The van der Waals surface area contributed by atoms with Gasteiger partial charge in [0.1, 0.15) is 0 Å². The first-order valence-electron chi connectivity index (χ1n) is 7.63. The van der Waals surface area contributed by atoms with Crippen molar-refractivity contribution >= 4 is 17.6 Å². The number of hydrogen-bond acceptors (Lipinski definition) is 3. The van der Waals surface area contributed by atoms with E-state index in [1.54, 1.807) is 0 Å². The van der Waals surface area contributed by atoms with Gasteiger partial charge in [-0.25, -0.2) is 0 Å². The molecular formula is C17H22ClNO2. The van der Waals surface area contributed by atoms with Gasteiger partial charge < -0.3 is 9.64 Å². The molecule has 1 fully saturated rings. The summed E-state index contributed by atoms with van der Waals surface area (Å²) in [7, 11) is 2.16. The number of esters is 1. The predicted octanol–water partition coefficient (Wildman–Crippen LogP) is 2.82. The van der Waals surface area contributed by atoms with Crippen molar-refractivity contribution in [3.05, 3.63) is 35.4 Å². The molecule has 0 saturated carbocycles. The van der Waals surface area contributed by atoms with Crippen molar-refractivity contribution in [2.24, 2.45) is 5.92 Å². The Morgan fingerprint density at radius 2 is 2.19 bits per heavy atom. The van der Waals surface area contributed by atoms with Crippen molar-refractivity contribution < 1.29 is 9.53 Å². The minimum absolute atomic E-state index is 0.0204. The molecule has 1 aliphatic heterocycles. The lowest BCUT2D eigenvalue weighted by Gasteiger charge is -2.48. The number of rotatable bonds is 2. The van der Waals surface area contributed by atoms with Gasteiger partial charge in [-0.05, 0) is 31.0 Å². The van der Waals surface area contributed by atoms with E-state index in [4.69, 9.17) is 16.3 Å². The molecule has 1 saturated heterocycles. The lowest BCUT2D eigenvalue weighted by atomic mass is 9.71. The molecule has 1 aliphatic carbocycles. The van der Waals surface area contributed by atoms with Crippen molar-refractivity contribution in [1.82, 2.24) is 4.90 Å². The largest absolute Gasteiger partial charge is 0.465 e. The van der Waals surface area contributed by atoms with Gasteiger partial charge in [0, 0.05) is 36.7 Å². The fraction of sp³-hybridized carbons (Fsp3) is 0.588. The highest BCUT2D eigenvalue weighted by Gasteiger charge is 2.44. The molecule has 0 aromatic heterocycles. The monoisotopic (exact) mass is 307 g/mol. The minimum Gasteiger partial charge on any atom is -0.465 e. The van der Waals surface area contributed by atoms with Gasteiger partial charge >= 0.3 is 5.97 Å². The highest BCUT2D eigenvalue weighted by molar-refractivity contribution is 6.21. The second-order valence-corrected chi connectivity index (χ2v) is 6.78. The van der Waals surface area contributed by atoms with Crippen molar-refractivity contribution in [2.45, 2.75) is 37.1 Å². The zero-order valence-electron chi connectivity index (χ0n) is 12.6. The number of carbonyl (C=O) groups excluding carboxylic acids is 1. The van der Waals surface area contributed by atoms with Gasteiger partial charge in [-0.3, -0.25) is 4.79 Å². The molecule has 0 bridgehead atoms. The number of aryl methyl sites for hydroxylation is 1. The molecule has 3 nitrogen and oxygen atoms in total. The third-order valence-corrected chi connectivity index (χ3v) is 5.55. The number of carbonyl (C=O) groups is 1. The van der Waals surface area contributed by atoms with Crippen LogP contribution in [0, 0.1) is 5.92 Å². The molecule has 3 rings (SSSR count). The zero-order valence-corrected chi connectivity index (χ0v) is 13.3. The topological polar surface area (TPSA) is 29.5 Å². The molecule has 21 heavy (non-hydrogen) atoms. The Labute approximate surface area is 131 Å². The molecule has 0 amide bonds. The van der Waals surface area contributed by atoms with Gasteiger partial charge in [0.25, 0.3) is 0 Å². The summed E-state index contributed by atoms with van der Waals surface area (Å²) in [4.78, 5) is 13.5. The third-order valence-electron chi connectivity index (χ3n) is 4.92. The first-order chi connectivity index (χ1) is 10.1. The number of piperidine rings is 1. The lowest BCUT2D eigenvalue weighted by molar-refractivity contribution is -0.143. The zero-order chi connectivity index (χ0) is 15.0. The molecule has 4 atom stereocenters. The average molecular weight is 308 g/mol. The number of likely N-dealkylation sites (N-methyl/N-ethyl adjacent to an activating group) is 1. The smallest absolute Gasteiger partial charge is 0.302 e. The van der Waals surface area contributed by atoms with Gasteiger partial charge in [0.05, 0.1) is 6.61 Å². The predicted molar refractivity (Wildman–Crippen MR) is 83.7 cm³/mol. The molecular weight excluding hydrogens is 286 g/mol. The van der Waals surface area contributed by atoms with Crippen LogP contribution in [0.15, 0.2) is 24.3 Å². The molecule has 2 aliphatic rings. The Morgan fingerprint density at radius 1 is 1.43 bits per heavy atom. The summed E-state index contributed by atoms with van der Waals surface area (Å²) >= 11 is 6.81. The number of nitrogens with zero attached hydrogens (tertiary/aromatic N) is 1. The summed E-state index contributed by atoms with van der Waals surface area (Å²) in [5, 5.41) is 0.0204. The SMILES string of the molecule is CC(=O)OC[C@H]1CN(C)[C@@H]2CCc3ccccc3[C@H]2[C@@H]1Cl. The first kappa shape index (κ1) is 14.9. The van der Waals surface area contributed by atoms with Crippen LogP contribution >= 0.6 is 11.6 Å². The van der Waals surface area contributed by atoms with Crippen LogP contribution < -0.4 is 0 Å². The molecule has 4 heteroatoms. The van der Waals surface area contributed by atoms with Crippen LogP contribution in [0.2, 0.25) is 0 Å². The van der Waals surface area contributed by atoms with Crippen LogP contribution in [0.3, 0.4) is 0 Å². The number of alkyl halides is 1. The Bertz CT molecular complexity index is 533. The van der Waals surface area contributed by atoms with E-state index >= 15 is 0 Å². The van der Waals surface area contributed by atoms with Crippen LogP contribution in [-0.2, 0) is 16.0 Å². The van der Waals surface area contributed by atoms with E-state index in [1.807, 2.05) is 0 Å². The maximum atomic E-state index is 11.1. The number of fused-ring (bicyclic) bond motifs is 3. The van der Waals surface area contributed by atoms with Gasteiger partial charge in [-0.1, -0.05) is 24.3 Å². The van der Waals surface area contributed by atoms with Crippen molar-refractivity contribution in [1.29, 1.82) is 0 Å². The van der Waals surface area contributed by atoms with Gasteiger partial charge in [0.2, 0.25) is 0 Å². The molecule has 0 radical (unpaired) electrons. The van der Waals surface area contributed by atoms with Crippen molar-refractivity contribution in [3.8, 4) is 0 Å². The van der Waals surface area contributed by atoms with Crippen LogP contribution in [0.5, 0.6) is 0 Å². The number of benzene rings is 1. The van der Waals surface area contributed by atoms with Crippen LogP contribution in [0.25, 0.3) is 0 Å². The Balaban J connectivity index is 1.86. The van der Waals surface area contributed by atoms with Crippen LogP contribution in [0.1, 0.15) is 30.4 Å². The highest BCUT2D eigenvalue weighted by atomic mass is 35.5. The molecule has 1 aromatic rings. The molecule has 1 heterocycles. The number of hydrogen-bond donors (Lipinski definition) is 0. The van der Waals surface area contributed by atoms with E-state index in [-0.39, 0.29) is 17.3 Å². The van der Waals surface area contributed by atoms with Gasteiger partial charge in [-0.2, -0.15) is 0 Å². The van der Waals surface area contributed by atoms with Crippen LogP contribution in [0.4, 0.5) is 0 Å². The highest BCUT2D eigenvalue weighted by Crippen LogP contribution is 2.44. The first-order valence-corrected chi connectivity index (χ1v) is 8.07. The summed E-state index contributed by atoms with van der Waals surface area (Å²) in [5.41, 5.74) is 2.80. The number of halogens is 1. The molecule has 114 valence electrons. The van der Waals surface area contributed by atoms with E-state index < -0.39 is 0 Å². The molecule has 0 N–H and O–H groups in total. The van der Waals surface area contributed by atoms with Crippen molar-refractivity contribution in [3.63, 3.8) is 0 Å². The van der Waals surface area contributed by atoms with Crippen LogP contribution in [-0.4, -0.2) is 42.5 Å². The number of likely N-dealkylation sites (tertiary alicyclic amines) is 1. The van der Waals surface area contributed by atoms with E-state index in [2.05, 4.69) is 36.2 Å². The average Bonchev–Trinajstić information content (AvgIpc) is 2.48. The number of ether oxygens (including phenoxy) is 1. The summed E-state index contributed by atoms with van der Waals surface area (Å²) in [6, 6.07) is 9.12. The van der Waals surface area contributed by atoms with Gasteiger partial charge in [0.15, 0.2) is 0 Å². The Hall–Kier alpha value is -1.06. The fourth-order valence-electron chi connectivity index (χ4n) is 3.92. The maximum Gasteiger partial charge on any atom is 0.302 e. The summed E-state index contributed by atoms with van der Waals surface area (Å²) in [6.45, 7) is 2.76. The maximum absolute atomic E-state index is 11.1. The second kappa shape index (κ2) is 5.98. The van der Waals surface area contributed by atoms with E-state index in [9.17, 15) is 4.79 Å². The molecule has 0 spiro atoms.